The molecule has 0 heterocycles. The second kappa shape index (κ2) is 4.21. The molecular weight excluding hydrogens is 142 g/mol. The Labute approximate surface area is 68.1 Å². The predicted molar refractivity (Wildman–Crippen MR) is 43.5 cm³/mol. The van der Waals surface area contributed by atoms with E-state index in [0.29, 0.717) is 6.54 Å². The van der Waals surface area contributed by atoms with Crippen molar-refractivity contribution in [1.82, 2.24) is 5.32 Å². The van der Waals surface area contributed by atoms with E-state index in [-0.39, 0.29) is 0 Å². The van der Waals surface area contributed by atoms with Gasteiger partial charge in [-0.25, -0.2) is 10.1 Å². The molecule has 1 radical (unpaired) electrons. The molecule has 0 rings (SSSR count). The highest BCUT2D eigenvalue weighted by molar-refractivity contribution is 5.67. The fraction of sp³-hybridized carbons (Fsp3) is 0.875. The molecule has 1 amide bonds. The van der Waals surface area contributed by atoms with Gasteiger partial charge in [-0.15, -0.1) is 0 Å². The summed E-state index contributed by atoms with van der Waals surface area (Å²) in [5.41, 5.74) is -0.422. The van der Waals surface area contributed by atoms with Crippen molar-refractivity contribution >= 4 is 6.09 Å². The fourth-order valence-electron chi connectivity index (χ4n) is 0.497. The Morgan fingerprint density at radius 2 is 2.00 bits per heavy atom. The molecule has 0 aromatic carbocycles. The second-order valence-corrected chi connectivity index (χ2v) is 3.36. The van der Waals surface area contributed by atoms with Gasteiger partial charge in [0.05, 0.1) is 0 Å². The van der Waals surface area contributed by atoms with E-state index in [4.69, 9.17) is 4.74 Å². The van der Waals surface area contributed by atoms with Crippen molar-refractivity contribution < 1.29 is 9.53 Å². The fourth-order valence-corrected chi connectivity index (χ4v) is 0.497. The van der Waals surface area contributed by atoms with Crippen LogP contribution in [0.4, 0.5) is 4.79 Å². The lowest BCUT2D eigenvalue weighted by atomic mass is 10.2. The molecule has 0 spiro atoms. The molecule has 0 aliphatic heterocycles. The highest BCUT2D eigenvalue weighted by atomic mass is 16.6. The van der Waals surface area contributed by atoms with Gasteiger partial charge in [-0.1, -0.05) is 6.92 Å². The zero-order valence-electron chi connectivity index (χ0n) is 7.68. The Morgan fingerprint density at radius 1 is 1.45 bits per heavy atom. The third-order valence-corrected chi connectivity index (χ3v) is 0.858. The number of amides is 1. The van der Waals surface area contributed by atoms with Crippen LogP contribution in [-0.4, -0.2) is 18.2 Å². The number of carbonyl (C=O) groups is 1. The van der Waals surface area contributed by atoms with Crippen molar-refractivity contribution in [2.45, 2.75) is 39.7 Å². The predicted octanol–water partition coefficient (Wildman–Crippen LogP) is 1.94. The average molecular weight is 158 g/mol. The van der Waals surface area contributed by atoms with E-state index in [1.165, 1.54) is 0 Å². The van der Waals surface area contributed by atoms with Crippen molar-refractivity contribution in [3.05, 3.63) is 0 Å². The summed E-state index contributed by atoms with van der Waals surface area (Å²) in [6, 6.07) is 0. The topological polar surface area (TPSA) is 40.4 Å². The lowest BCUT2D eigenvalue weighted by molar-refractivity contribution is 0.0521. The maximum atomic E-state index is 10.8. The molecule has 0 fully saturated rings. The van der Waals surface area contributed by atoms with E-state index in [0.717, 1.165) is 6.42 Å². The van der Waals surface area contributed by atoms with E-state index < -0.39 is 11.7 Å². The average Bonchev–Trinajstić information content (AvgIpc) is 1.79. The summed E-state index contributed by atoms with van der Waals surface area (Å²) < 4.78 is 4.93. The van der Waals surface area contributed by atoms with E-state index in [1.54, 1.807) is 0 Å². The van der Waals surface area contributed by atoms with E-state index in [1.807, 2.05) is 27.7 Å². The Hall–Kier alpha value is -0.730. The molecule has 0 aliphatic rings. The van der Waals surface area contributed by atoms with Gasteiger partial charge in [0.1, 0.15) is 5.60 Å². The molecule has 3 heteroatoms. The molecule has 0 saturated carbocycles. The van der Waals surface area contributed by atoms with Crippen molar-refractivity contribution in [2.24, 2.45) is 0 Å². The molecule has 0 bridgehead atoms. The van der Waals surface area contributed by atoms with Gasteiger partial charge < -0.3 is 4.74 Å². The standard InChI is InChI=1S/C8H16NO2/c1-5-6-9-7(10)11-8(2,3)4/h5-6H2,1-4H3. The summed E-state index contributed by atoms with van der Waals surface area (Å²) in [6.07, 6.45) is 0.415. The largest absolute Gasteiger partial charge is 0.442 e. The van der Waals surface area contributed by atoms with Crippen LogP contribution in [0.1, 0.15) is 34.1 Å². The van der Waals surface area contributed by atoms with Crippen LogP contribution >= 0.6 is 0 Å². The van der Waals surface area contributed by atoms with Gasteiger partial charge in [-0.3, -0.25) is 0 Å². The van der Waals surface area contributed by atoms with Gasteiger partial charge in [0.15, 0.2) is 0 Å². The Morgan fingerprint density at radius 3 is 2.36 bits per heavy atom. The smallest absolute Gasteiger partial charge is 0.429 e. The van der Waals surface area contributed by atoms with Gasteiger partial charge in [0.25, 0.3) is 0 Å². The lowest BCUT2D eigenvalue weighted by Crippen LogP contribution is -2.28. The lowest BCUT2D eigenvalue weighted by Gasteiger charge is -2.18. The molecule has 0 unspecified atom stereocenters. The summed E-state index contributed by atoms with van der Waals surface area (Å²) in [4.78, 5) is 10.8. The maximum absolute atomic E-state index is 10.8. The van der Waals surface area contributed by atoms with Gasteiger partial charge in [0, 0.05) is 6.54 Å². The third kappa shape index (κ3) is 7.16. The Balaban J connectivity index is 3.53. The molecule has 3 nitrogen and oxygen atoms in total. The van der Waals surface area contributed by atoms with Crippen molar-refractivity contribution in [3.8, 4) is 0 Å². The summed E-state index contributed by atoms with van der Waals surface area (Å²) in [6.45, 7) is 7.99. The van der Waals surface area contributed by atoms with Gasteiger partial charge in [-0.2, -0.15) is 0 Å². The molecule has 0 aromatic heterocycles. The van der Waals surface area contributed by atoms with E-state index >= 15 is 0 Å². The Bertz CT molecular complexity index is 127. The molecule has 11 heavy (non-hydrogen) atoms. The number of hydrogen-bond acceptors (Lipinski definition) is 2. The number of nitrogens with zero attached hydrogens (tertiary/aromatic N) is 1. The van der Waals surface area contributed by atoms with E-state index in [2.05, 4.69) is 5.32 Å². The van der Waals surface area contributed by atoms with Crippen LogP contribution in [0.2, 0.25) is 0 Å². The molecule has 0 aromatic rings. The van der Waals surface area contributed by atoms with Crippen LogP contribution in [-0.2, 0) is 4.74 Å². The quantitative estimate of drug-likeness (QED) is 0.616. The van der Waals surface area contributed by atoms with Crippen LogP contribution in [0.5, 0.6) is 0 Å². The normalized spacial score (nSPS) is 10.9. The first-order chi connectivity index (χ1) is 4.95. The summed E-state index contributed by atoms with van der Waals surface area (Å²) in [7, 11) is 0. The molecule has 0 atom stereocenters. The van der Waals surface area contributed by atoms with Gasteiger partial charge in [-0.05, 0) is 27.2 Å². The second-order valence-electron chi connectivity index (χ2n) is 3.36. The number of rotatable bonds is 2. The number of hydrogen-bond donors (Lipinski definition) is 0. The Kier molecular flexibility index (Phi) is 3.93. The monoisotopic (exact) mass is 158 g/mol. The van der Waals surface area contributed by atoms with Gasteiger partial charge in [0.2, 0.25) is 0 Å². The SMILES string of the molecule is CCC[N]C(=O)OC(C)(C)C. The summed E-state index contributed by atoms with van der Waals surface area (Å²) in [5.74, 6) is 0. The third-order valence-electron chi connectivity index (χ3n) is 0.858. The maximum Gasteiger partial charge on any atom is 0.429 e. The highest BCUT2D eigenvalue weighted by Crippen LogP contribution is 2.06. The first-order valence-corrected chi connectivity index (χ1v) is 3.86. The molecule has 0 aliphatic carbocycles. The van der Waals surface area contributed by atoms with Crippen LogP contribution < -0.4 is 5.32 Å². The highest BCUT2D eigenvalue weighted by Gasteiger charge is 2.15. The van der Waals surface area contributed by atoms with Crippen molar-refractivity contribution in [3.63, 3.8) is 0 Å². The summed E-state index contributed by atoms with van der Waals surface area (Å²) in [5, 5.41) is 3.67. The minimum absolute atomic E-state index is 0.422. The zero-order valence-corrected chi connectivity index (χ0v) is 7.68. The van der Waals surface area contributed by atoms with Crippen LogP contribution in [0.25, 0.3) is 0 Å². The first-order valence-electron chi connectivity index (χ1n) is 3.86. The van der Waals surface area contributed by atoms with Crippen LogP contribution in [0, 0.1) is 0 Å². The van der Waals surface area contributed by atoms with Crippen molar-refractivity contribution in [2.75, 3.05) is 6.54 Å². The van der Waals surface area contributed by atoms with Crippen molar-refractivity contribution in [1.29, 1.82) is 0 Å². The number of ether oxygens (including phenoxy) is 1. The molecule has 0 N–H and O–H groups in total. The first kappa shape index (κ1) is 10.3. The van der Waals surface area contributed by atoms with E-state index in [9.17, 15) is 4.79 Å². The zero-order chi connectivity index (χ0) is 8.91. The van der Waals surface area contributed by atoms with Gasteiger partial charge >= 0.3 is 6.09 Å². The van der Waals surface area contributed by atoms with Crippen LogP contribution in [0.15, 0.2) is 0 Å². The molecule has 65 valence electrons. The molecular formula is C8H16NO2. The number of carbonyl (C=O) groups excluding carboxylic acids is 1. The molecule has 0 saturated heterocycles. The summed E-state index contributed by atoms with van der Waals surface area (Å²) >= 11 is 0. The minimum atomic E-state index is -0.459. The minimum Gasteiger partial charge on any atom is -0.442 e. The van der Waals surface area contributed by atoms with Crippen LogP contribution in [0.3, 0.4) is 0 Å².